The van der Waals surface area contributed by atoms with E-state index in [-0.39, 0.29) is 0 Å². The molecule has 0 amide bonds. The Balaban J connectivity index is 1.77. The first-order valence-electron chi connectivity index (χ1n) is 7.85. The van der Waals surface area contributed by atoms with Crippen LogP contribution in [0.1, 0.15) is 66.2 Å². The Labute approximate surface area is 113 Å². The summed E-state index contributed by atoms with van der Waals surface area (Å²) in [6.07, 6.45) is 8.65. The zero-order valence-electron chi connectivity index (χ0n) is 12.6. The van der Waals surface area contributed by atoms with Crippen molar-refractivity contribution < 1.29 is 0 Å². The van der Waals surface area contributed by atoms with Gasteiger partial charge in [0.05, 0.1) is 0 Å². The van der Waals surface area contributed by atoms with Crippen molar-refractivity contribution >= 4 is 0 Å². The van der Waals surface area contributed by atoms with Crippen LogP contribution in [0.15, 0.2) is 22.3 Å². The SMILES string of the molecule is CC1=C(C)C[C@H]2C[C@@H]3CC(C)=C(C)C[C@@H]3C[C@H]2C1. The summed E-state index contributed by atoms with van der Waals surface area (Å²) in [7, 11) is 0. The molecule has 0 bridgehead atoms. The summed E-state index contributed by atoms with van der Waals surface area (Å²) in [4.78, 5) is 0. The third kappa shape index (κ3) is 2.08. The molecule has 0 heterocycles. The average Bonchev–Trinajstić information content (AvgIpc) is 2.31. The summed E-state index contributed by atoms with van der Waals surface area (Å²) >= 11 is 0. The molecule has 0 unspecified atom stereocenters. The molecule has 0 saturated heterocycles. The standard InChI is InChI=1S/C18H28/c1-11-5-15-9-17-7-13(3)14(4)8-18(17)10-16(15)6-12(11)2/h15-18H,5-10H2,1-4H3/t15-,16+,17-,18+. The molecular formula is C18H28. The van der Waals surface area contributed by atoms with Gasteiger partial charge in [0.2, 0.25) is 0 Å². The van der Waals surface area contributed by atoms with Crippen LogP contribution in [0, 0.1) is 23.7 Å². The lowest BCUT2D eigenvalue weighted by atomic mass is 9.59. The van der Waals surface area contributed by atoms with Crippen LogP contribution in [-0.2, 0) is 0 Å². The summed E-state index contributed by atoms with van der Waals surface area (Å²) in [5.41, 5.74) is 6.81. The van der Waals surface area contributed by atoms with Crippen LogP contribution in [0.3, 0.4) is 0 Å². The Morgan fingerprint density at radius 1 is 0.500 bits per heavy atom. The fourth-order valence-electron chi connectivity index (χ4n) is 4.82. The Hall–Kier alpha value is -0.520. The van der Waals surface area contributed by atoms with Crippen LogP contribution in [0.5, 0.6) is 0 Å². The molecule has 0 aromatic carbocycles. The molecule has 4 atom stereocenters. The Kier molecular flexibility index (Phi) is 3.16. The van der Waals surface area contributed by atoms with Crippen LogP contribution in [0.2, 0.25) is 0 Å². The quantitative estimate of drug-likeness (QED) is 0.493. The van der Waals surface area contributed by atoms with Gasteiger partial charge >= 0.3 is 0 Å². The summed E-state index contributed by atoms with van der Waals surface area (Å²) in [5.74, 6) is 4.06. The first kappa shape index (κ1) is 12.5. The van der Waals surface area contributed by atoms with Crippen molar-refractivity contribution in [1.29, 1.82) is 0 Å². The van der Waals surface area contributed by atoms with Gasteiger partial charge in [-0.3, -0.25) is 0 Å². The highest BCUT2D eigenvalue weighted by atomic mass is 14.4. The second kappa shape index (κ2) is 4.54. The summed E-state index contributed by atoms with van der Waals surface area (Å²) in [5, 5.41) is 0. The zero-order chi connectivity index (χ0) is 12.9. The Morgan fingerprint density at radius 2 is 0.722 bits per heavy atom. The maximum absolute atomic E-state index is 2.37. The van der Waals surface area contributed by atoms with Gasteiger partial charge in [0.25, 0.3) is 0 Å². The van der Waals surface area contributed by atoms with Crippen LogP contribution >= 0.6 is 0 Å². The van der Waals surface area contributed by atoms with E-state index in [4.69, 9.17) is 0 Å². The second-order valence-electron chi connectivity index (χ2n) is 7.45. The van der Waals surface area contributed by atoms with Crippen molar-refractivity contribution in [2.24, 2.45) is 23.7 Å². The number of hydrogen-bond acceptors (Lipinski definition) is 0. The van der Waals surface area contributed by atoms with E-state index in [0.717, 1.165) is 23.7 Å². The summed E-state index contributed by atoms with van der Waals surface area (Å²) in [6.45, 7) is 9.48. The van der Waals surface area contributed by atoms with Crippen LogP contribution in [0.4, 0.5) is 0 Å². The molecule has 0 radical (unpaired) electrons. The van der Waals surface area contributed by atoms with Crippen molar-refractivity contribution in [1.82, 2.24) is 0 Å². The van der Waals surface area contributed by atoms with Gasteiger partial charge in [0.1, 0.15) is 0 Å². The van der Waals surface area contributed by atoms with E-state index in [2.05, 4.69) is 27.7 Å². The van der Waals surface area contributed by atoms with Crippen molar-refractivity contribution in [3.63, 3.8) is 0 Å². The predicted octanol–water partition coefficient (Wildman–Crippen LogP) is 5.51. The molecule has 1 fully saturated rings. The summed E-state index contributed by atoms with van der Waals surface area (Å²) in [6, 6.07) is 0. The second-order valence-corrected chi connectivity index (χ2v) is 7.45. The maximum Gasteiger partial charge on any atom is -0.0289 e. The molecule has 1 saturated carbocycles. The maximum atomic E-state index is 2.37. The zero-order valence-corrected chi connectivity index (χ0v) is 12.6. The highest BCUT2D eigenvalue weighted by Gasteiger charge is 2.40. The van der Waals surface area contributed by atoms with Gasteiger partial charge in [0.15, 0.2) is 0 Å². The largest absolute Gasteiger partial charge is 0.0741 e. The smallest absolute Gasteiger partial charge is 0.0289 e. The first-order valence-corrected chi connectivity index (χ1v) is 7.85. The molecule has 3 aliphatic rings. The monoisotopic (exact) mass is 244 g/mol. The van der Waals surface area contributed by atoms with Crippen LogP contribution in [-0.4, -0.2) is 0 Å². The van der Waals surface area contributed by atoms with Gasteiger partial charge in [0, 0.05) is 0 Å². The lowest BCUT2D eigenvalue weighted by Crippen LogP contribution is -2.36. The molecular weight excluding hydrogens is 216 g/mol. The van der Waals surface area contributed by atoms with Gasteiger partial charge in [-0.05, 0) is 89.9 Å². The van der Waals surface area contributed by atoms with E-state index < -0.39 is 0 Å². The third-order valence-corrected chi connectivity index (χ3v) is 6.27. The number of hydrogen-bond donors (Lipinski definition) is 0. The van der Waals surface area contributed by atoms with E-state index >= 15 is 0 Å². The highest BCUT2D eigenvalue weighted by Crippen LogP contribution is 2.51. The fraction of sp³-hybridized carbons (Fsp3) is 0.778. The topological polar surface area (TPSA) is 0 Å². The van der Waals surface area contributed by atoms with E-state index in [1.165, 1.54) is 38.5 Å². The van der Waals surface area contributed by atoms with Crippen molar-refractivity contribution in [2.75, 3.05) is 0 Å². The van der Waals surface area contributed by atoms with Crippen molar-refractivity contribution in [2.45, 2.75) is 66.2 Å². The molecule has 0 N–H and O–H groups in total. The molecule has 0 aliphatic heterocycles. The molecule has 0 heteroatoms. The van der Waals surface area contributed by atoms with Gasteiger partial charge in [-0.2, -0.15) is 0 Å². The van der Waals surface area contributed by atoms with Crippen molar-refractivity contribution in [3.8, 4) is 0 Å². The van der Waals surface area contributed by atoms with Crippen LogP contribution in [0.25, 0.3) is 0 Å². The predicted molar refractivity (Wildman–Crippen MR) is 78.4 cm³/mol. The summed E-state index contributed by atoms with van der Waals surface area (Å²) < 4.78 is 0. The highest BCUT2D eigenvalue weighted by molar-refractivity contribution is 5.20. The third-order valence-electron chi connectivity index (χ3n) is 6.27. The van der Waals surface area contributed by atoms with E-state index in [1.807, 2.05) is 0 Å². The van der Waals surface area contributed by atoms with Crippen LogP contribution < -0.4 is 0 Å². The lowest BCUT2D eigenvalue weighted by molar-refractivity contribution is 0.0967. The Bertz CT molecular complexity index is 334. The number of allylic oxidation sites excluding steroid dienone is 4. The molecule has 0 aromatic rings. The fourth-order valence-corrected chi connectivity index (χ4v) is 4.82. The molecule has 0 spiro atoms. The van der Waals surface area contributed by atoms with Gasteiger partial charge in [-0.25, -0.2) is 0 Å². The Morgan fingerprint density at radius 3 is 0.944 bits per heavy atom. The van der Waals surface area contributed by atoms with E-state index in [1.54, 1.807) is 22.3 Å². The number of rotatable bonds is 0. The average molecular weight is 244 g/mol. The van der Waals surface area contributed by atoms with Gasteiger partial charge < -0.3 is 0 Å². The minimum Gasteiger partial charge on any atom is -0.0741 e. The first-order chi connectivity index (χ1) is 8.54. The molecule has 0 nitrogen and oxygen atoms in total. The molecule has 18 heavy (non-hydrogen) atoms. The minimum atomic E-state index is 1.01. The number of fused-ring (bicyclic) bond motifs is 2. The molecule has 100 valence electrons. The van der Waals surface area contributed by atoms with Gasteiger partial charge in [-0.15, -0.1) is 0 Å². The molecule has 3 aliphatic carbocycles. The molecule has 0 aromatic heterocycles. The minimum absolute atomic E-state index is 1.01. The van der Waals surface area contributed by atoms with Gasteiger partial charge in [-0.1, -0.05) is 22.3 Å². The normalized spacial score (nSPS) is 40.7. The lowest BCUT2D eigenvalue weighted by Gasteiger charge is -2.46. The molecule has 3 rings (SSSR count). The van der Waals surface area contributed by atoms with E-state index in [0.29, 0.717) is 0 Å². The van der Waals surface area contributed by atoms with E-state index in [9.17, 15) is 0 Å². The van der Waals surface area contributed by atoms with Crippen molar-refractivity contribution in [3.05, 3.63) is 22.3 Å².